The number of fused-ring (bicyclic) bond motifs is 2. The molecule has 0 saturated heterocycles. The summed E-state index contributed by atoms with van der Waals surface area (Å²) in [5, 5.41) is 4.32. The summed E-state index contributed by atoms with van der Waals surface area (Å²) in [6, 6.07) is 17.1. The van der Waals surface area contributed by atoms with Crippen LogP contribution in [0.4, 0.5) is 5.13 Å². The fraction of sp³-hybridized carbons (Fsp3) is 0. The van der Waals surface area contributed by atoms with Crippen LogP contribution in [0.15, 0.2) is 60.8 Å². The zero-order valence-electron chi connectivity index (χ0n) is 11.5. The summed E-state index contributed by atoms with van der Waals surface area (Å²) in [4.78, 5) is 21.2. The van der Waals surface area contributed by atoms with E-state index in [1.165, 1.54) is 11.3 Å². The third kappa shape index (κ3) is 2.21. The molecule has 2 aromatic heterocycles. The van der Waals surface area contributed by atoms with Crippen molar-refractivity contribution in [2.45, 2.75) is 0 Å². The molecule has 4 aromatic rings. The molecule has 0 bridgehead atoms. The molecule has 0 saturated carbocycles. The summed E-state index contributed by atoms with van der Waals surface area (Å²) in [6.45, 7) is 0. The number of carbonyl (C=O) groups excluding carboxylic acids is 1. The molecule has 0 spiro atoms. The van der Waals surface area contributed by atoms with Gasteiger partial charge >= 0.3 is 0 Å². The van der Waals surface area contributed by atoms with Crippen molar-refractivity contribution in [3.63, 3.8) is 0 Å². The summed E-state index contributed by atoms with van der Waals surface area (Å²) in [5.41, 5.74) is 2.30. The van der Waals surface area contributed by atoms with E-state index >= 15 is 0 Å². The number of para-hydroxylation sites is 1. The van der Waals surface area contributed by atoms with Gasteiger partial charge in [-0.15, -0.1) is 0 Å². The van der Waals surface area contributed by atoms with Crippen LogP contribution in [0.5, 0.6) is 0 Å². The summed E-state index contributed by atoms with van der Waals surface area (Å²) in [6.07, 6.45) is 1.72. The van der Waals surface area contributed by atoms with Gasteiger partial charge in [-0.3, -0.25) is 15.1 Å². The molecule has 0 fully saturated rings. The largest absolute Gasteiger partial charge is 0.298 e. The lowest BCUT2D eigenvalue weighted by Gasteiger charge is -2.05. The Hall–Kier alpha value is -2.79. The zero-order valence-corrected chi connectivity index (χ0v) is 12.3. The summed E-state index contributed by atoms with van der Waals surface area (Å²) in [5.74, 6) is -0.169. The van der Waals surface area contributed by atoms with Crippen molar-refractivity contribution in [1.82, 2.24) is 9.97 Å². The van der Waals surface area contributed by atoms with Crippen molar-refractivity contribution >= 4 is 43.5 Å². The molecule has 0 aliphatic heterocycles. The Morgan fingerprint density at radius 2 is 1.82 bits per heavy atom. The van der Waals surface area contributed by atoms with Gasteiger partial charge in [-0.05, 0) is 30.3 Å². The first-order valence-corrected chi connectivity index (χ1v) is 7.63. The first-order valence-electron chi connectivity index (χ1n) is 6.82. The van der Waals surface area contributed by atoms with Gasteiger partial charge in [-0.25, -0.2) is 4.98 Å². The van der Waals surface area contributed by atoms with Crippen LogP contribution < -0.4 is 5.32 Å². The SMILES string of the molecule is O=C(Nc1nc2ccccc2s1)c1cccc2ncccc12. The number of nitrogens with zero attached hydrogens (tertiary/aromatic N) is 2. The molecule has 4 rings (SSSR count). The van der Waals surface area contributed by atoms with E-state index in [2.05, 4.69) is 15.3 Å². The highest BCUT2D eigenvalue weighted by molar-refractivity contribution is 7.22. The highest BCUT2D eigenvalue weighted by Crippen LogP contribution is 2.26. The predicted molar refractivity (Wildman–Crippen MR) is 89.3 cm³/mol. The Bertz CT molecular complexity index is 955. The number of anilines is 1. The molecular weight excluding hydrogens is 294 g/mol. The lowest BCUT2D eigenvalue weighted by Crippen LogP contribution is -2.12. The minimum atomic E-state index is -0.169. The fourth-order valence-electron chi connectivity index (χ4n) is 2.39. The molecule has 4 nitrogen and oxygen atoms in total. The van der Waals surface area contributed by atoms with Gasteiger partial charge in [-0.2, -0.15) is 0 Å². The van der Waals surface area contributed by atoms with Crippen LogP contribution in [0.1, 0.15) is 10.4 Å². The Morgan fingerprint density at radius 3 is 2.73 bits per heavy atom. The molecule has 0 aliphatic carbocycles. The number of amides is 1. The van der Waals surface area contributed by atoms with Gasteiger partial charge in [0.05, 0.1) is 15.7 Å². The van der Waals surface area contributed by atoms with Gasteiger partial charge in [0.15, 0.2) is 5.13 Å². The van der Waals surface area contributed by atoms with Gasteiger partial charge in [0.2, 0.25) is 0 Å². The summed E-state index contributed by atoms with van der Waals surface area (Å²) >= 11 is 1.47. The van der Waals surface area contributed by atoms with E-state index in [-0.39, 0.29) is 5.91 Å². The lowest BCUT2D eigenvalue weighted by atomic mass is 10.1. The first-order chi connectivity index (χ1) is 10.8. The van der Waals surface area contributed by atoms with Crippen molar-refractivity contribution in [2.75, 3.05) is 5.32 Å². The van der Waals surface area contributed by atoms with Crippen molar-refractivity contribution in [1.29, 1.82) is 0 Å². The Kier molecular flexibility index (Phi) is 3.05. The second kappa shape index (κ2) is 5.20. The van der Waals surface area contributed by atoms with E-state index in [4.69, 9.17) is 0 Å². The normalized spacial score (nSPS) is 10.9. The van der Waals surface area contributed by atoms with Gasteiger partial charge in [0, 0.05) is 17.1 Å². The van der Waals surface area contributed by atoms with Crippen LogP contribution in [-0.2, 0) is 0 Å². The number of nitrogens with one attached hydrogen (secondary N) is 1. The number of hydrogen-bond acceptors (Lipinski definition) is 4. The van der Waals surface area contributed by atoms with Gasteiger partial charge < -0.3 is 0 Å². The van der Waals surface area contributed by atoms with Crippen LogP contribution in [-0.4, -0.2) is 15.9 Å². The van der Waals surface area contributed by atoms with Crippen LogP contribution in [0.25, 0.3) is 21.1 Å². The Balaban J connectivity index is 1.71. The number of hydrogen-bond donors (Lipinski definition) is 1. The maximum absolute atomic E-state index is 12.5. The topological polar surface area (TPSA) is 54.9 Å². The number of rotatable bonds is 2. The predicted octanol–water partition coefficient (Wildman–Crippen LogP) is 4.10. The first kappa shape index (κ1) is 12.9. The average Bonchev–Trinajstić information content (AvgIpc) is 2.96. The van der Waals surface area contributed by atoms with Crippen molar-refractivity contribution in [3.8, 4) is 0 Å². The van der Waals surface area contributed by atoms with Crippen LogP contribution in [0.2, 0.25) is 0 Å². The molecule has 5 heteroatoms. The molecule has 0 unspecified atom stereocenters. The second-order valence-corrected chi connectivity index (χ2v) is 5.85. The third-order valence-electron chi connectivity index (χ3n) is 3.40. The molecule has 0 aliphatic rings. The highest BCUT2D eigenvalue weighted by atomic mass is 32.1. The van der Waals surface area contributed by atoms with Gasteiger partial charge in [0.25, 0.3) is 5.91 Å². The van der Waals surface area contributed by atoms with Crippen LogP contribution >= 0.6 is 11.3 Å². The molecular formula is C17H11N3OS. The van der Waals surface area contributed by atoms with E-state index in [1.54, 1.807) is 12.3 Å². The van der Waals surface area contributed by atoms with Crippen LogP contribution in [0, 0.1) is 0 Å². The zero-order chi connectivity index (χ0) is 14.9. The maximum atomic E-state index is 12.5. The van der Waals surface area contributed by atoms with E-state index in [0.717, 1.165) is 21.1 Å². The second-order valence-electron chi connectivity index (χ2n) is 4.82. The fourth-order valence-corrected chi connectivity index (χ4v) is 3.25. The number of benzene rings is 2. The van der Waals surface area contributed by atoms with Crippen molar-refractivity contribution in [3.05, 3.63) is 66.4 Å². The Labute approximate surface area is 130 Å². The summed E-state index contributed by atoms with van der Waals surface area (Å²) < 4.78 is 1.05. The molecule has 0 radical (unpaired) electrons. The smallest absolute Gasteiger partial charge is 0.258 e. The standard InChI is InChI=1S/C17H11N3OS/c21-16(12-5-3-8-13-11(12)6-4-10-18-13)20-17-19-14-7-1-2-9-15(14)22-17/h1-10H,(H,19,20,21). The van der Waals surface area contributed by atoms with Crippen molar-refractivity contribution < 1.29 is 4.79 Å². The van der Waals surface area contributed by atoms with Crippen molar-refractivity contribution in [2.24, 2.45) is 0 Å². The number of pyridine rings is 1. The molecule has 2 aromatic carbocycles. The lowest BCUT2D eigenvalue weighted by molar-refractivity contribution is 0.102. The molecule has 1 amide bonds. The quantitative estimate of drug-likeness (QED) is 0.606. The number of thiazole rings is 1. The number of carbonyl (C=O) groups is 1. The molecule has 106 valence electrons. The molecule has 0 atom stereocenters. The van der Waals surface area contributed by atoms with E-state index < -0.39 is 0 Å². The van der Waals surface area contributed by atoms with Gasteiger partial charge in [-0.1, -0.05) is 35.6 Å². The minimum Gasteiger partial charge on any atom is -0.298 e. The van der Waals surface area contributed by atoms with E-state index in [1.807, 2.05) is 48.5 Å². The molecule has 22 heavy (non-hydrogen) atoms. The van der Waals surface area contributed by atoms with E-state index in [9.17, 15) is 4.79 Å². The molecule has 1 N–H and O–H groups in total. The summed E-state index contributed by atoms with van der Waals surface area (Å²) in [7, 11) is 0. The van der Waals surface area contributed by atoms with E-state index in [0.29, 0.717) is 10.7 Å². The molecule has 2 heterocycles. The number of aromatic nitrogens is 2. The monoisotopic (exact) mass is 305 g/mol. The van der Waals surface area contributed by atoms with Gasteiger partial charge in [0.1, 0.15) is 0 Å². The third-order valence-corrected chi connectivity index (χ3v) is 4.36. The highest BCUT2D eigenvalue weighted by Gasteiger charge is 2.12. The van der Waals surface area contributed by atoms with Crippen LogP contribution in [0.3, 0.4) is 0 Å². The minimum absolute atomic E-state index is 0.169. The Morgan fingerprint density at radius 1 is 0.955 bits per heavy atom. The maximum Gasteiger partial charge on any atom is 0.258 e. The average molecular weight is 305 g/mol.